The van der Waals surface area contributed by atoms with E-state index in [2.05, 4.69) is 123 Å². The number of carbonyl (C=O) groups excluding carboxylic acids is 2. The maximum Gasteiger partial charge on any atom is 0.306 e. The van der Waals surface area contributed by atoms with Gasteiger partial charge in [0.1, 0.15) is 19.8 Å². The number of phosphoric ester groups is 1. The summed E-state index contributed by atoms with van der Waals surface area (Å²) >= 11 is 0. The van der Waals surface area contributed by atoms with E-state index in [1.54, 1.807) is 0 Å². The van der Waals surface area contributed by atoms with Crippen LogP contribution in [0.1, 0.15) is 168 Å². The lowest BCUT2D eigenvalue weighted by Crippen LogP contribution is -2.37. The Morgan fingerprint density at radius 1 is 0.500 bits per heavy atom. The van der Waals surface area contributed by atoms with Gasteiger partial charge in [-0.1, -0.05) is 168 Å². The van der Waals surface area contributed by atoms with Crippen molar-refractivity contribution in [3.63, 3.8) is 0 Å². The maximum atomic E-state index is 12.7. The highest BCUT2D eigenvalue weighted by molar-refractivity contribution is 7.45. The molecule has 0 aromatic rings. The maximum absolute atomic E-state index is 12.7. The van der Waals surface area contributed by atoms with Crippen LogP contribution in [0, 0.1) is 0 Å². The van der Waals surface area contributed by atoms with Gasteiger partial charge < -0.3 is 27.9 Å². The Morgan fingerprint density at radius 2 is 0.891 bits per heavy atom. The van der Waals surface area contributed by atoms with E-state index in [1.807, 2.05) is 21.1 Å². The zero-order valence-corrected chi connectivity index (χ0v) is 41.8. The van der Waals surface area contributed by atoms with E-state index in [0.29, 0.717) is 23.9 Å². The van der Waals surface area contributed by atoms with Crippen molar-refractivity contribution < 1.29 is 42.1 Å². The molecule has 0 aliphatic heterocycles. The lowest BCUT2D eigenvalue weighted by molar-refractivity contribution is -0.870. The molecule has 9 nitrogen and oxygen atoms in total. The van der Waals surface area contributed by atoms with Gasteiger partial charge >= 0.3 is 11.9 Å². The lowest BCUT2D eigenvalue weighted by Gasteiger charge is -2.28. The summed E-state index contributed by atoms with van der Waals surface area (Å²) in [4.78, 5) is 37.6. The monoisotopic (exact) mass is 912 g/mol. The second-order valence-corrected chi connectivity index (χ2v) is 18.5. The fourth-order valence-electron chi connectivity index (χ4n) is 5.96. The molecule has 64 heavy (non-hydrogen) atoms. The normalized spacial score (nSPS) is 14.4. The number of esters is 2. The number of nitrogens with zero attached hydrogens (tertiary/aromatic N) is 1. The van der Waals surface area contributed by atoms with Crippen LogP contribution in [0.5, 0.6) is 0 Å². The zero-order valence-electron chi connectivity index (χ0n) is 40.9. The molecule has 0 saturated carbocycles. The van der Waals surface area contributed by atoms with Crippen LogP contribution in [-0.4, -0.2) is 70.0 Å². The highest BCUT2D eigenvalue weighted by Crippen LogP contribution is 2.38. The standard InChI is InChI=1S/C54H90NO8P/c1-6-8-10-12-14-16-18-20-21-22-23-24-25-26-27-28-29-30-31-32-33-35-37-39-41-43-45-47-54(57)63-52(51-62-64(58,59)61-49-48-55(3,4)5)50-60-53(56)46-44-42-40-38-36-34-19-17-15-13-11-9-7-2/h8,10-11,13-14,16-17,19-21,23-24,26-27,29-30,32-33,52H,6-7,9,12,15,18,22,25,28,31,34-51H2,1-5H3/b10-8-,13-11-,16-14-,19-17-,21-20-,24-23-,27-26-,30-29-,33-32-. The number of rotatable bonds is 43. The first-order valence-electron chi connectivity index (χ1n) is 24.6. The Bertz CT molecular complexity index is 1450. The predicted octanol–water partition coefficient (Wildman–Crippen LogP) is 14.1. The Balaban J connectivity index is 4.33. The third-order valence-electron chi connectivity index (χ3n) is 9.76. The van der Waals surface area contributed by atoms with Crippen molar-refractivity contribution in [3.8, 4) is 0 Å². The highest BCUT2D eigenvalue weighted by atomic mass is 31.2. The summed E-state index contributed by atoms with van der Waals surface area (Å²) in [5.41, 5.74) is 0. The molecule has 0 spiro atoms. The first-order chi connectivity index (χ1) is 31.0. The summed E-state index contributed by atoms with van der Waals surface area (Å²) in [5.74, 6) is -0.885. The summed E-state index contributed by atoms with van der Waals surface area (Å²) in [6.07, 6.45) is 61.2. The number of likely N-dealkylation sites (N-methyl/N-ethyl adjacent to an activating group) is 1. The molecular weight excluding hydrogens is 822 g/mol. The van der Waals surface area contributed by atoms with Crippen molar-refractivity contribution in [1.29, 1.82) is 0 Å². The van der Waals surface area contributed by atoms with Crippen LogP contribution in [0.25, 0.3) is 0 Å². The first-order valence-corrected chi connectivity index (χ1v) is 26.1. The molecule has 0 rings (SSSR count). The van der Waals surface area contributed by atoms with Crippen molar-refractivity contribution in [3.05, 3.63) is 109 Å². The van der Waals surface area contributed by atoms with Crippen LogP contribution in [0.4, 0.5) is 0 Å². The molecule has 0 bridgehead atoms. The van der Waals surface area contributed by atoms with Crippen LogP contribution in [-0.2, 0) is 32.7 Å². The first kappa shape index (κ1) is 60.7. The van der Waals surface area contributed by atoms with Gasteiger partial charge in [-0.05, 0) is 96.3 Å². The van der Waals surface area contributed by atoms with E-state index in [4.69, 9.17) is 18.5 Å². The highest BCUT2D eigenvalue weighted by Gasteiger charge is 2.21. The van der Waals surface area contributed by atoms with Gasteiger partial charge in [0.2, 0.25) is 0 Å². The SMILES string of the molecule is CC/C=C\C/C=C\C/C=C\C/C=C\C/C=C\C/C=C\C/C=C\CCCCCCCC(=O)OC(COC(=O)CCCCCCC/C=C\C/C=C\CCC)COP(=O)([O-])OCC[N+](C)(C)C. The molecule has 0 heterocycles. The summed E-state index contributed by atoms with van der Waals surface area (Å²) in [5, 5.41) is 0. The Morgan fingerprint density at radius 3 is 1.33 bits per heavy atom. The summed E-state index contributed by atoms with van der Waals surface area (Å²) in [6, 6.07) is 0. The Kier molecular flexibility index (Phi) is 42.5. The number of ether oxygens (including phenoxy) is 2. The average Bonchev–Trinajstić information content (AvgIpc) is 3.25. The quantitative estimate of drug-likeness (QED) is 0.0195. The van der Waals surface area contributed by atoms with Crippen LogP contribution in [0.2, 0.25) is 0 Å². The van der Waals surface area contributed by atoms with Crippen LogP contribution in [0.3, 0.4) is 0 Å². The van der Waals surface area contributed by atoms with Crippen molar-refractivity contribution in [2.75, 3.05) is 47.5 Å². The Hall–Kier alpha value is -3.33. The van der Waals surface area contributed by atoms with Gasteiger partial charge in [0.05, 0.1) is 27.7 Å². The molecule has 0 amide bonds. The molecule has 10 heteroatoms. The molecule has 0 aliphatic carbocycles. The number of unbranched alkanes of at least 4 members (excludes halogenated alkanes) is 11. The predicted molar refractivity (Wildman–Crippen MR) is 268 cm³/mol. The smallest absolute Gasteiger partial charge is 0.306 e. The van der Waals surface area contributed by atoms with Gasteiger partial charge in [-0.3, -0.25) is 14.2 Å². The van der Waals surface area contributed by atoms with Crippen LogP contribution < -0.4 is 4.89 Å². The zero-order chi connectivity index (χ0) is 47.1. The molecule has 0 N–H and O–H groups in total. The van der Waals surface area contributed by atoms with Crippen LogP contribution >= 0.6 is 7.82 Å². The van der Waals surface area contributed by atoms with Gasteiger partial charge in [0.25, 0.3) is 7.82 Å². The second-order valence-electron chi connectivity index (χ2n) is 17.1. The van der Waals surface area contributed by atoms with Gasteiger partial charge in [0, 0.05) is 12.8 Å². The lowest BCUT2D eigenvalue weighted by atomic mass is 10.1. The molecule has 2 unspecified atom stereocenters. The number of hydrogen-bond donors (Lipinski definition) is 0. The van der Waals surface area contributed by atoms with Crippen LogP contribution in [0.15, 0.2) is 109 Å². The van der Waals surface area contributed by atoms with Gasteiger partial charge in [0.15, 0.2) is 6.10 Å². The molecule has 0 aliphatic rings. The minimum Gasteiger partial charge on any atom is -0.756 e. The molecule has 2 atom stereocenters. The minimum absolute atomic E-state index is 0.0439. The van der Waals surface area contributed by atoms with E-state index in [0.717, 1.165) is 122 Å². The summed E-state index contributed by atoms with van der Waals surface area (Å²) in [7, 11) is 1.12. The molecule has 0 radical (unpaired) electrons. The third-order valence-corrected chi connectivity index (χ3v) is 10.7. The number of quaternary nitrogens is 1. The molecule has 0 aromatic heterocycles. The molecule has 0 saturated heterocycles. The fraction of sp³-hybridized carbons (Fsp3) is 0.630. The van der Waals surface area contributed by atoms with E-state index in [9.17, 15) is 19.0 Å². The second kappa shape index (κ2) is 44.9. The number of carbonyl (C=O) groups is 2. The number of hydrogen-bond acceptors (Lipinski definition) is 8. The minimum atomic E-state index is -4.64. The van der Waals surface area contributed by atoms with Crippen molar-refractivity contribution >= 4 is 19.8 Å². The third kappa shape index (κ3) is 48.1. The van der Waals surface area contributed by atoms with E-state index in [-0.39, 0.29) is 26.1 Å². The average molecular weight is 912 g/mol. The van der Waals surface area contributed by atoms with Crippen molar-refractivity contribution in [2.45, 2.75) is 174 Å². The molecule has 0 aromatic carbocycles. The van der Waals surface area contributed by atoms with Crippen molar-refractivity contribution in [2.24, 2.45) is 0 Å². The summed E-state index contributed by atoms with van der Waals surface area (Å²) in [6.45, 7) is 3.98. The van der Waals surface area contributed by atoms with Gasteiger partial charge in [-0.15, -0.1) is 0 Å². The van der Waals surface area contributed by atoms with Gasteiger partial charge in [-0.25, -0.2) is 0 Å². The fourth-order valence-corrected chi connectivity index (χ4v) is 6.69. The number of phosphoric acid groups is 1. The summed E-state index contributed by atoms with van der Waals surface area (Å²) < 4.78 is 33.9. The molecular formula is C54H90NO8P. The topological polar surface area (TPSA) is 111 Å². The number of allylic oxidation sites excluding steroid dienone is 18. The molecule has 364 valence electrons. The van der Waals surface area contributed by atoms with E-state index in [1.165, 1.54) is 6.42 Å². The van der Waals surface area contributed by atoms with Crippen molar-refractivity contribution in [1.82, 2.24) is 0 Å². The Labute approximate surface area is 391 Å². The van der Waals surface area contributed by atoms with E-state index >= 15 is 0 Å². The van der Waals surface area contributed by atoms with Gasteiger partial charge in [-0.2, -0.15) is 0 Å². The largest absolute Gasteiger partial charge is 0.756 e. The molecule has 0 fully saturated rings. The van der Waals surface area contributed by atoms with E-state index < -0.39 is 32.5 Å².